The molecule has 3 aliphatic rings. The van der Waals surface area contributed by atoms with Crippen molar-refractivity contribution >= 4 is 0 Å². The van der Waals surface area contributed by atoms with Crippen LogP contribution in [0.15, 0.2) is 0 Å². The first-order valence-electron chi connectivity index (χ1n) is 3.76. The fraction of sp³-hybridized carbons (Fsp3) is 1.00. The first-order chi connectivity index (χ1) is 4.36. The molecule has 0 spiro atoms. The van der Waals surface area contributed by atoms with Crippen LogP contribution in [0, 0.1) is 5.92 Å². The van der Waals surface area contributed by atoms with Gasteiger partial charge in [0.05, 0.1) is 0 Å². The Morgan fingerprint density at radius 3 is 2.11 bits per heavy atom. The summed E-state index contributed by atoms with van der Waals surface area (Å²) in [5.41, 5.74) is 0. The molecule has 2 nitrogen and oxygen atoms in total. The first-order valence-corrected chi connectivity index (χ1v) is 3.76. The van der Waals surface area contributed by atoms with E-state index in [4.69, 9.17) is 0 Å². The fourth-order valence-corrected chi connectivity index (χ4v) is 1.91. The van der Waals surface area contributed by atoms with Crippen LogP contribution >= 0.6 is 0 Å². The summed E-state index contributed by atoms with van der Waals surface area (Å²) in [4.78, 5) is 2.07. The second-order valence-electron chi connectivity index (χ2n) is 3.17. The molecule has 0 N–H and O–H groups in total. The van der Waals surface area contributed by atoms with Crippen molar-refractivity contribution in [3.63, 3.8) is 0 Å². The molecule has 0 aromatic rings. The molecule has 9 heavy (non-hydrogen) atoms. The summed E-state index contributed by atoms with van der Waals surface area (Å²) < 4.78 is 0. The Balaban J connectivity index is 2.06. The van der Waals surface area contributed by atoms with Gasteiger partial charge in [0.2, 0.25) is 0 Å². The predicted octanol–water partition coefficient (Wildman–Crippen LogP) is 0.859. The van der Waals surface area contributed by atoms with Crippen molar-refractivity contribution in [1.82, 2.24) is 4.90 Å². The van der Waals surface area contributed by atoms with E-state index in [1.54, 1.807) is 0 Å². The highest BCUT2D eigenvalue weighted by atomic mass is 16.3. The van der Waals surface area contributed by atoms with Crippen molar-refractivity contribution in [2.24, 2.45) is 5.92 Å². The molecule has 51 valence electrons. The van der Waals surface area contributed by atoms with Crippen LogP contribution in [0.5, 0.6) is 0 Å². The zero-order valence-electron chi connectivity index (χ0n) is 5.55. The smallest absolute Gasteiger partial charge is 0.146 e. The highest BCUT2D eigenvalue weighted by Crippen LogP contribution is 2.30. The topological polar surface area (TPSA) is 23.1 Å². The number of hydrogen-bond donors (Lipinski definition) is 0. The van der Waals surface area contributed by atoms with Gasteiger partial charge < -0.3 is 0 Å². The van der Waals surface area contributed by atoms with Crippen LogP contribution in [0.2, 0.25) is 0 Å². The maximum Gasteiger partial charge on any atom is 0.146 e. The summed E-state index contributed by atoms with van der Waals surface area (Å²) in [6, 6.07) is 0. The number of nitrogens with zero attached hydrogens (tertiary/aromatic N) is 1. The van der Waals surface area contributed by atoms with Crippen LogP contribution < -0.4 is 0 Å². The Bertz CT molecular complexity index is 107. The largest absolute Gasteiger partial charge is 0.276 e. The summed E-state index contributed by atoms with van der Waals surface area (Å²) in [6.45, 7) is 2.14. The van der Waals surface area contributed by atoms with Gasteiger partial charge in [-0.25, -0.2) is 5.11 Å². The Morgan fingerprint density at radius 2 is 1.89 bits per heavy atom. The van der Waals surface area contributed by atoms with E-state index in [-0.39, 0.29) is 6.23 Å². The molecule has 3 fully saturated rings. The van der Waals surface area contributed by atoms with Crippen LogP contribution in [-0.2, 0) is 5.11 Å². The highest BCUT2D eigenvalue weighted by Gasteiger charge is 2.32. The molecule has 0 aromatic carbocycles. The summed E-state index contributed by atoms with van der Waals surface area (Å²) in [5, 5.41) is 11.1. The van der Waals surface area contributed by atoms with Crippen molar-refractivity contribution in [3.8, 4) is 0 Å². The zero-order valence-corrected chi connectivity index (χ0v) is 5.55. The normalized spacial score (nSPS) is 49.7. The molecule has 0 aliphatic carbocycles. The molecule has 2 bridgehead atoms. The molecular formula is C7H12NO. The lowest BCUT2D eigenvalue weighted by molar-refractivity contribution is -0.115. The van der Waals surface area contributed by atoms with Crippen LogP contribution in [0.1, 0.15) is 19.3 Å². The molecule has 3 heterocycles. The Labute approximate surface area is 55.5 Å². The number of fused-ring (bicyclic) bond motifs is 3. The van der Waals surface area contributed by atoms with Crippen molar-refractivity contribution in [2.75, 3.05) is 13.1 Å². The van der Waals surface area contributed by atoms with Gasteiger partial charge in [-0.05, 0) is 25.2 Å². The lowest BCUT2D eigenvalue weighted by atomic mass is 9.87. The molecular weight excluding hydrogens is 114 g/mol. The maximum absolute atomic E-state index is 11.1. The van der Waals surface area contributed by atoms with Crippen LogP contribution in [0.3, 0.4) is 0 Å². The van der Waals surface area contributed by atoms with Crippen molar-refractivity contribution in [1.29, 1.82) is 0 Å². The lowest BCUT2D eigenvalue weighted by Gasteiger charge is -2.41. The number of hydrogen-bond acceptors (Lipinski definition) is 1. The second-order valence-corrected chi connectivity index (χ2v) is 3.17. The summed E-state index contributed by atoms with van der Waals surface area (Å²) in [7, 11) is 0. The summed E-state index contributed by atoms with van der Waals surface area (Å²) in [5.74, 6) is 0.775. The van der Waals surface area contributed by atoms with E-state index < -0.39 is 0 Å². The lowest BCUT2D eigenvalue weighted by Crippen LogP contribution is -2.47. The van der Waals surface area contributed by atoms with Gasteiger partial charge >= 0.3 is 0 Å². The SMILES string of the molecule is [O]C1CC2CCN1CC2. The molecule has 1 atom stereocenters. The quantitative estimate of drug-likeness (QED) is 0.472. The van der Waals surface area contributed by atoms with Gasteiger partial charge in [0.25, 0.3) is 0 Å². The molecule has 1 radical (unpaired) electrons. The summed E-state index contributed by atoms with van der Waals surface area (Å²) >= 11 is 0. The van der Waals surface area contributed by atoms with E-state index in [9.17, 15) is 5.11 Å². The van der Waals surface area contributed by atoms with Crippen molar-refractivity contribution < 1.29 is 5.11 Å². The monoisotopic (exact) mass is 126 g/mol. The van der Waals surface area contributed by atoms with Crippen molar-refractivity contribution in [3.05, 3.63) is 0 Å². The highest BCUT2D eigenvalue weighted by molar-refractivity contribution is 4.81. The van der Waals surface area contributed by atoms with Gasteiger partial charge in [0.15, 0.2) is 0 Å². The third-order valence-corrected chi connectivity index (χ3v) is 2.59. The Morgan fingerprint density at radius 1 is 1.22 bits per heavy atom. The zero-order chi connectivity index (χ0) is 6.27. The average molecular weight is 126 g/mol. The van der Waals surface area contributed by atoms with Crippen LogP contribution in [-0.4, -0.2) is 24.2 Å². The Kier molecular flexibility index (Phi) is 1.24. The average Bonchev–Trinajstić information content (AvgIpc) is 1.90. The standard InChI is InChI=1S/C7H12NO/c9-7-5-6-1-3-8(7)4-2-6/h6-7H,1-5H2. The molecule has 0 aromatic heterocycles. The van der Waals surface area contributed by atoms with E-state index in [0.29, 0.717) is 0 Å². The van der Waals surface area contributed by atoms with E-state index in [0.717, 1.165) is 25.4 Å². The third kappa shape index (κ3) is 0.864. The van der Waals surface area contributed by atoms with Crippen LogP contribution in [0.4, 0.5) is 0 Å². The molecule has 3 rings (SSSR count). The minimum absolute atomic E-state index is 0.350. The van der Waals surface area contributed by atoms with E-state index >= 15 is 0 Å². The summed E-state index contributed by atoms with van der Waals surface area (Å²) in [6.07, 6.45) is 3.12. The third-order valence-electron chi connectivity index (χ3n) is 2.59. The van der Waals surface area contributed by atoms with Gasteiger partial charge in [0.1, 0.15) is 6.23 Å². The van der Waals surface area contributed by atoms with Gasteiger partial charge in [-0.1, -0.05) is 0 Å². The second kappa shape index (κ2) is 1.96. The molecule has 0 saturated carbocycles. The first kappa shape index (κ1) is 5.69. The molecule has 2 heteroatoms. The maximum atomic E-state index is 11.1. The van der Waals surface area contributed by atoms with Gasteiger partial charge in [-0.2, -0.15) is 0 Å². The Hall–Kier alpha value is -0.0800. The molecule has 3 saturated heterocycles. The van der Waals surface area contributed by atoms with E-state index in [1.807, 2.05) is 0 Å². The van der Waals surface area contributed by atoms with Crippen molar-refractivity contribution in [2.45, 2.75) is 25.5 Å². The molecule has 3 aliphatic heterocycles. The minimum Gasteiger partial charge on any atom is -0.276 e. The van der Waals surface area contributed by atoms with Gasteiger partial charge in [-0.3, -0.25) is 4.90 Å². The minimum atomic E-state index is -0.350. The van der Waals surface area contributed by atoms with E-state index in [1.165, 1.54) is 12.8 Å². The van der Waals surface area contributed by atoms with Gasteiger partial charge in [-0.15, -0.1) is 0 Å². The molecule has 1 unspecified atom stereocenters. The van der Waals surface area contributed by atoms with Crippen LogP contribution in [0.25, 0.3) is 0 Å². The number of rotatable bonds is 0. The van der Waals surface area contributed by atoms with Gasteiger partial charge in [0, 0.05) is 13.1 Å². The fourth-order valence-electron chi connectivity index (χ4n) is 1.91. The number of piperidine rings is 3. The molecule has 0 amide bonds. The van der Waals surface area contributed by atoms with E-state index in [2.05, 4.69) is 4.90 Å². The predicted molar refractivity (Wildman–Crippen MR) is 33.4 cm³/mol.